The second-order valence-electron chi connectivity index (χ2n) is 9.50. The second-order valence-corrected chi connectivity index (χ2v) is 9.50. The van der Waals surface area contributed by atoms with E-state index in [-0.39, 0.29) is 11.6 Å². The van der Waals surface area contributed by atoms with Gasteiger partial charge >= 0.3 is 0 Å². The number of nitrogens with zero attached hydrogens (tertiary/aromatic N) is 1. The predicted molar refractivity (Wildman–Crippen MR) is 130 cm³/mol. The second kappa shape index (κ2) is 9.12. The van der Waals surface area contributed by atoms with Crippen molar-refractivity contribution in [3.8, 4) is 0 Å². The molecule has 4 nitrogen and oxygen atoms in total. The molecule has 2 N–H and O–H groups in total. The molecule has 1 saturated heterocycles. The molecule has 33 heavy (non-hydrogen) atoms. The minimum Gasteiger partial charge on any atom is -0.383 e. The van der Waals surface area contributed by atoms with Gasteiger partial charge in [-0.3, -0.25) is 10.1 Å². The summed E-state index contributed by atoms with van der Waals surface area (Å²) >= 11 is 0. The van der Waals surface area contributed by atoms with Crippen LogP contribution in [0.1, 0.15) is 48.8 Å². The third-order valence-electron chi connectivity index (χ3n) is 7.45. The molecule has 3 aromatic rings. The monoisotopic (exact) mass is 440 g/mol. The van der Waals surface area contributed by atoms with Crippen molar-refractivity contribution in [1.82, 2.24) is 10.2 Å². The zero-order valence-corrected chi connectivity index (χ0v) is 19.0. The number of hydrogen-bond acceptors (Lipinski definition) is 3. The van der Waals surface area contributed by atoms with Crippen molar-refractivity contribution in [2.24, 2.45) is 0 Å². The highest BCUT2D eigenvalue weighted by Gasteiger charge is 2.57. The smallest absolute Gasteiger partial charge is 0.244 e. The van der Waals surface area contributed by atoms with Crippen molar-refractivity contribution in [3.63, 3.8) is 0 Å². The molecule has 2 fully saturated rings. The summed E-state index contributed by atoms with van der Waals surface area (Å²) in [7, 11) is 0. The summed E-state index contributed by atoms with van der Waals surface area (Å²) in [5.74, 6) is 0.000155. The molecule has 1 spiro atoms. The Bertz CT molecular complexity index is 1060. The predicted octanol–water partition coefficient (Wildman–Crippen LogP) is 4.78. The van der Waals surface area contributed by atoms with E-state index in [1.165, 1.54) is 0 Å². The van der Waals surface area contributed by atoms with Gasteiger partial charge in [-0.05, 0) is 55.2 Å². The minimum absolute atomic E-state index is 0.000155. The molecule has 170 valence electrons. The first-order chi connectivity index (χ1) is 16.1. The van der Waals surface area contributed by atoms with Crippen molar-refractivity contribution in [2.45, 2.75) is 62.4 Å². The van der Waals surface area contributed by atoms with Crippen molar-refractivity contribution in [2.75, 3.05) is 0 Å². The molecule has 2 atom stereocenters. The number of hydrogen-bond donors (Lipinski definition) is 2. The Labute approximate surface area is 196 Å². The molecule has 0 unspecified atom stereocenters. The molecular formula is C29H32N2O2. The lowest BCUT2D eigenvalue weighted by molar-refractivity contribution is -0.137. The van der Waals surface area contributed by atoms with Crippen LogP contribution in [0.3, 0.4) is 0 Å². The van der Waals surface area contributed by atoms with Crippen LogP contribution >= 0.6 is 0 Å². The Morgan fingerprint density at radius 2 is 1.39 bits per heavy atom. The quantitative estimate of drug-likeness (QED) is 0.556. The largest absolute Gasteiger partial charge is 0.383 e. The molecule has 2 aliphatic rings. The highest BCUT2D eigenvalue weighted by Crippen LogP contribution is 2.43. The molecule has 3 aromatic carbocycles. The Kier molecular flexibility index (Phi) is 6.05. The summed E-state index contributed by atoms with van der Waals surface area (Å²) in [6.07, 6.45) is 5.19. The van der Waals surface area contributed by atoms with E-state index < -0.39 is 11.6 Å². The van der Waals surface area contributed by atoms with Gasteiger partial charge in [0.1, 0.15) is 11.6 Å². The summed E-state index contributed by atoms with van der Waals surface area (Å²) in [5.41, 5.74) is 1.39. The summed E-state index contributed by atoms with van der Waals surface area (Å²) in [6, 6.07) is 29.4. The number of rotatable bonds is 7. The average molecular weight is 441 g/mol. The fraction of sp³-hybridized carbons (Fsp3) is 0.345. The lowest BCUT2D eigenvalue weighted by Crippen LogP contribution is -2.53. The number of benzene rings is 3. The Balaban J connectivity index is 1.49. The SMILES string of the molecule is O=C1[C@H]([C@@](O)(CCc2ccccc2)c2ccccc2)NC2(CCCC2)N1Cc1ccccc1. The van der Waals surface area contributed by atoms with E-state index in [0.717, 1.165) is 42.4 Å². The number of carbonyl (C=O) groups is 1. The summed E-state index contributed by atoms with van der Waals surface area (Å²) in [5, 5.41) is 15.9. The van der Waals surface area contributed by atoms with Gasteiger partial charge in [0.25, 0.3) is 0 Å². The normalized spacial score (nSPS) is 21.4. The van der Waals surface area contributed by atoms with E-state index in [2.05, 4.69) is 29.6 Å². The molecule has 0 radical (unpaired) electrons. The molecule has 4 heteroatoms. The van der Waals surface area contributed by atoms with E-state index in [4.69, 9.17) is 0 Å². The van der Waals surface area contributed by atoms with Gasteiger partial charge in [-0.25, -0.2) is 0 Å². The van der Waals surface area contributed by atoms with Gasteiger partial charge < -0.3 is 10.0 Å². The molecule has 0 aromatic heterocycles. The van der Waals surface area contributed by atoms with E-state index in [9.17, 15) is 9.90 Å². The van der Waals surface area contributed by atoms with Gasteiger partial charge in [-0.2, -0.15) is 0 Å². The van der Waals surface area contributed by atoms with Crippen molar-refractivity contribution >= 4 is 5.91 Å². The number of nitrogens with one attached hydrogen (secondary N) is 1. The van der Waals surface area contributed by atoms with E-state index in [1.807, 2.05) is 71.6 Å². The van der Waals surface area contributed by atoms with Crippen LogP contribution in [-0.4, -0.2) is 27.6 Å². The van der Waals surface area contributed by atoms with Gasteiger partial charge in [0.05, 0.1) is 5.66 Å². The molecule has 1 aliphatic carbocycles. The van der Waals surface area contributed by atoms with E-state index in [0.29, 0.717) is 19.4 Å². The Morgan fingerprint density at radius 1 is 0.848 bits per heavy atom. The molecule has 1 aliphatic heterocycles. The van der Waals surface area contributed by atoms with E-state index in [1.54, 1.807) is 0 Å². The van der Waals surface area contributed by atoms with Crippen LogP contribution in [0.4, 0.5) is 0 Å². The van der Waals surface area contributed by atoms with E-state index >= 15 is 0 Å². The van der Waals surface area contributed by atoms with Crippen LogP contribution in [0.5, 0.6) is 0 Å². The lowest BCUT2D eigenvalue weighted by Gasteiger charge is -2.36. The summed E-state index contributed by atoms with van der Waals surface area (Å²) < 4.78 is 0. The maximum absolute atomic E-state index is 14.0. The van der Waals surface area contributed by atoms with Crippen molar-refractivity contribution in [3.05, 3.63) is 108 Å². The summed E-state index contributed by atoms with van der Waals surface area (Å²) in [6.45, 7) is 0.562. The minimum atomic E-state index is -1.30. The Hall–Kier alpha value is -2.95. The van der Waals surface area contributed by atoms with Crippen LogP contribution < -0.4 is 5.32 Å². The Morgan fingerprint density at radius 3 is 2.00 bits per heavy atom. The van der Waals surface area contributed by atoms with Gasteiger partial charge in [0.2, 0.25) is 5.91 Å². The number of aryl methyl sites for hydroxylation is 1. The highest BCUT2D eigenvalue weighted by atomic mass is 16.3. The van der Waals surface area contributed by atoms with Crippen LogP contribution in [0.2, 0.25) is 0 Å². The maximum atomic E-state index is 14.0. The maximum Gasteiger partial charge on any atom is 0.244 e. The average Bonchev–Trinajstić information content (AvgIpc) is 3.45. The van der Waals surface area contributed by atoms with Crippen molar-refractivity contribution in [1.29, 1.82) is 0 Å². The van der Waals surface area contributed by atoms with Crippen molar-refractivity contribution < 1.29 is 9.90 Å². The van der Waals surface area contributed by atoms with Crippen LogP contribution in [0.15, 0.2) is 91.0 Å². The standard InChI is InChI=1S/C29H32N2O2/c32-27-26(30-28(19-10-11-20-28)31(27)22-24-14-6-2-7-15-24)29(33,25-16-8-3-9-17-25)21-18-23-12-4-1-5-13-23/h1-9,12-17,26,30,33H,10-11,18-22H2/t26-,29-/m1/s1. The first-order valence-electron chi connectivity index (χ1n) is 12.1. The zero-order chi connectivity index (χ0) is 22.7. The third kappa shape index (κ3) is 4.21. The van der Waals surface area contributed by atoms with Crippen LogP contribution in [-0.2, 0) is 23.4 Å². The van der Waals surface area contributed by atoms with Crippen LogP contribution in [0, 0.1) is 0 Å². The topological polar surface area (TPSA) is 52.6 Å². The van der Waals surface area contributed by atoms with Gasteiger partial charge in [0.15, 0.2) is 0 Å². The summed E-state index contributed by atoms with van der Waals surface area (Å²) in [4.78, 5) is 16.0. The van der Waals surface area contributed by atoms with Gasteiger partial charge in [0, 0.05) is 6.54 Å². The molecule has 5 rings (SSSR count). The first kappa shape index (κ1) is 21.9. The molecule has 0 bridgehead atoms. The van der Waals surface area contributed by atoms with Crippen LogP contribution in [0.25, 0.3) is 0 Å². The molecule has 1 saturated carbocycles. The first-order valence-corrected chi connectivity index (χ1v) is 12.1. The zero-order valence-electron chi connectivity index (χ0n) is 19.0. The number of carbonyl (C=O) groups excluding carboxylic acids is 1. The lowest BCUT2D eigenvalue weighted by atomic mass is 9.81. The fourth-order valence-corrected chi connectivity index (χ4v) is 5.63. The molecular weight excluding hydrogens is 408 g/mol. The third-order valence-corrected chi connectivity index (χ3v) is 7.45. The van der Waals surface area contributed by atoms with Gasteiger partial charge in [-0.1, -0.05) is 91.0 Å². The highest BCUT2D eigenvalue weighted by molar-refractivity contribution is 5.87. The molecule has 1 amide bonds. The fourth-order valence-electron chi connectivity index (χ4n) is 5.63. The van der Waals surface area contributed by atoms with Gasteiger partial charge in [-0.15, -0.1) is 0 Å². The molecule has 1 heterocycles. The number of aliphatic hydroxyl groups is 1. The number of amides is 1.